The number of methoxy groups -OCH3 is 1. The van der Waals surface area contributed by atoms with Gasteiger partial charge in [0.15, 0.2) is 5.78 Å². The highest BCUT2D eigenvalue weighted by Crippen LogP contribution is 2.49. The van der Waals surface area contributed by atoms with E-state index in [2.05, 4.69) is 50.4 Å². The third-order valence-electron chi connectivity index (χ3n) is 8.49. The van der Waals surface area contributed by atoms with Gasteiger partial charge in [-0.1, -0.05) is 87.0 Å². The zero-order chi connectivity index (χ0) is 30.3. The lowest BCUT2D eigenvalue weighted by Crippen LogP contribution is -2.38. The number of fused-ring (bicyclic) bond motifs is 1. The minimum atomic E-state index is -0.717. The zero-order valence-electron chi connectivity index (χ0n) is 24.9. The average molecular weight is 591 g/mol. The van der Waals surface area contributed by atoms with E-state index in [-0.39, 0.29) is 23.0 Å². The third kappa shape index (κ3) is 5.46. The molecule has 1 heterocycles. The van der Waals surface area contributed by atoms with Crippen molar-refractivity contribution in [2.24, 2.45) is 0 Å². The van der Waals surface area contributed by atoms with Crippen molar-refractivity contribution in [2.45, 2.75) is 51.0 Å². The SMILES string of the molecule is COc1ccc(C(=O)N2c3ccccc3NC3=C(C(=O)CC(c4ccc(C(C)(C)C)cc4)C3)C2c2ccccc2Cl)cc1. The molecule has 0 fully saturated rings. The molecule has 0 bridgehead atoms. The van der Waals surface area contributed by atoms with Crippen LogP contribution in [0.2, 0.25) is 5.02 Å². The number of carbonyl (C=O) groups is 2. The van der Waals surface area contributed by atoms with Gasteiger partial charge in [-0.05, 0) is 76.9 Å². The van der Waals surface area contributed by atoms with Crippen LogP contribution in [0.3, 0.4) is 0 Å². The predicted octanol–water partition coefficient (Wildman–Crippen LogP) is 8.86. The van der Waals surface area contributed by atoms with Gasteiger partial charge in [0.25, 0.3) is 5.91 Å². The first-order chi connectivity index (χ1) is 20.7. The van der Waals surface area contributed by atoms with Crippen molar-refractivity contribution in [3.63, 3.8) is 0 Å². The van der Waals surface area contributed by atoms with Crippen molar-refractivity contribution in [1.29, 1.82) is 0 Å². The Bertz CT molecular complexity index is 1720. The molecule has 1 N–H and O–H groups in total. The molecule has 2 aliphatic rings. The fraction of sp³-hybridized carbons (Fsp3) is 0.243. The van der Waals surface area contributed by atoms with Crippen molar-refractivity contribution in [3.05, 3.63) is 136 Å². The Morgan fingerprint density at radius 3 is 2.23 bits per heavy atom. The number of allylic oxidation sites excluding steroid dienone is 1. The summed E-state index contributed by atoms with van der Waals surface area (Å²) in [6.07, 6.45) is 0.979. The van der Waals surface area contributed by atoms with E-state index in [1.165, 1.54) is 5.56 Å². The molecule has 1 aliphatic heterocycles. The summed E-state index contributed by atoms with van der Waals surface area (Å²) in [5.41, 5.74) is 6.47. The van der Waals surface area contributed by atoms with Gasteiger partial charge in [0.2, 0.25) is 0 Å². The number of rotatable bonds is 4. The number of halogens is 1. The minimum absolute atomic E-state index is 0.00362. The molecule has 6 rings (SSSR count). The van der Waals surface area contributed by atoms with E-state index >= 15 is 0 Å². The number of carbonyl (C=O) groups excluding carboxylic acids is 2. The van der Waals surface area contributed by atoms with E-state index < -0.39 is 6.04 Å². The minimum Gasteiger partial charge on any atom is -0.497 e. The van der Waals surface area contributed by atoms with E-state index in [1.54, 1.807) is 36.3 Å². The molecule has 0 saturated carbocycles. The van der Waals surface area contributed by atoms with E-state index in [4.69, 9.17) is 16.3 Å². The molecule has 4 aromatic carbocycles. The van der Waals surface area contributed by atoms with Crippen LogP contribution in [0.1, 0.15) is 72.6 Å². The summed E-state index contributed by atoms with van der Waals surface area (Å²) in [6, 6.07) is 30.2. The highest BCUT2D eigenvalue weighted by molar-refractivity contribution is 6.31. The van der Waals surface area contributed by atoms with Gasteiger partial charge in [-0.2, -0.15) is 0 Å². The normalized spacial score (nSPS) is 18.3. The van der Waals surface area contributed by atoms with E-state index in [0.29, 0.717) is 46.0 Å². The average Bonchev–Trinajstić information content (AvgIpc) is 3.15. The quantitative estimate of drug-likeness (QED) is 0.258. The number of nitrogens with zero attached hydrogens (tertiary/aromatic N) is 1. The molecule has 2 unspecified atom stereocenters. The second-order valence-electron chi connectivity index (χ2n) is 12.3. The van der Waals surface area contributed by atoms with Crippen molar-refractivity contribution >= 4 is 34.7 Å². The Morgan fingerprint density at radius 1 is 0.884 bits per heavy atom. The molecule has 43 heavy (non-hydrogen) atoms. The van der Waals surface area contributed by atoms with E-state index in [9.17, 15) is 9.59 Å². The molecule has 0 aromatic heterocycles. The van der Waals surface area contributed by atoms with Gasteiger partial charge in [0.05, 0.1) is 24.5 Å². The largest absolute Gasteiger partial charge is 0.497 e. The summed E-state index contributed by atoms with van der Waals surface area (Å²) in [5, 5.41) is 4.10. The highest BCUT2D eigenvalue weighted by atomic mass is 35.5. The maximum atomic E-state index is 14.5. The summed E-state index contributed by atoms with van der Waals surface area (Å²) < 4.78 is 5.33. The first kappa shape index (κ1) is 28.8. The number of hydrogen-bond acceptors (Lipinski definition) is 4. The first-order valence-corrected chi connectivity index (χ1v) is 15.0. The van der Waals surface area contributed by atoms with Gasteiger partial charge in [0.1, 0.15) is 5.75 Å². The summed E-state index contributed by atoms with van der Waals surface area (Å²) >= 11 is 6.84. The number of ketones is 1. The van der Waals surface area contributed by atoms with Gasteiger partial charge in [0, 0.05) is 28.3 Å². The first-order valence-electron chi connectivity index (χ1n) is 14.6. The topological polar surface area (TPSA) is 58.6 Å². The third-order valence-corrected chi connectivity index (χ3v) is 8.84. The smallest absolute Gasteiger partial charge is 0.259 e. The van der Waals surface area contributed by atoms with Crippen LogP contribution in [0.5, 0.6) is 5.75 Å². The lowest BCUT2D eigenvalue weighted by Gasteiger charge is -2.35. The summed E-state index contributed by atoms with van der Waals surface area (Å²) in [5.74, 6) is 0.439. The Hall–Kier alpha value is -4.35. The Kier molecular flexibility index (Phi) is 7.61. The van der Waals surface area contributed by atoms with Gasteiger partial charge in [-0.25, -0.2) is 0 Å². The van der Waals surface area contributed by atoms with Crippen LogP contribution in [-0.2, 0) is 10.2 Å². The molecule has 0 spiro atoms. The molecule has 6 heteroatoms. The number of nitrogens with one attached hydrogen (secondary N) is 1. The lowest BCUT2D eigenvalue weighted by molar-refractivity contribution is -0.116. The van der Waals surface area contributed by atoms with Crippen LogP contribution in [0, 0.1) is 0 Å². The molecular formula is C37H35ClN2O3. The standard InChI is InChI=1S/C37H35ClN2O3/c1-37(2,3)26-17-13-23(14-18-26)25-21-31-34(33(41)22-25)35(28-9-5-6-10-29(28)38)40(32-12-8-7-11-30(32)39-31)36(42)24-15-19-27(43-4)20-16-24/h5-20,25,35,39H,21-22H2,1-4H3. The molecule has 2 atom stereocenters. The fourth-order valence-electron chi connectivity index (χ4n) is 6.17. The maximum absolute atomic E-state index is 14.5. The van der Waals surface area contributed by atoms with Crippen molar-refractivity contribution in [3.8, 4) is 5.75 Å². The second kappa shape index (κ2) is 11.4. The predicted molar refractivity (Wildman–Crippen MR) is 173 cm³/mol. The van der Waals surface area contributed by atoms with Crippen LogP contribution in [0.25, 0.3) is 0 Å². The van der Waals surface area contributed by atoms with E-state index in [0.717, 1.165) is 16.9 Å². The monoisotopic (exact) mass is 590 g/mol. The van der Waals surface area contributed by atoms with Gasteiger partial charge in [-0.15, -0.1) is 0 Å². The molecule has 0 saturated heterocycles. The zero-order valence-corrected chi connectivity index (χ0v) is 25.6. The summed E-state index contributed by atoms with van der Waals surface area (Å²) in [4.78, 5) is 30.5. The van der Waals surface area contributed by atoms with Crippen LogP contribution in [0.4, 0.5) is 11.4 Å². The number of anilines is 2. The van der Waals surface area contributed by atoms with Crippen molar-refractivity contribution < 1.29 is 14.3 Å². The molecular weight excluding hydrogens is 556 g/mol. The van der Waals surface area contributed by atoms with Crippen molar-refractivity contribution in [2.75, 3.05) is 17.3 Å². The number of Topliss-reactive ketones (excluding diaryl/α,β-unsaturated/α-hetero) is 1. The molecule has 0 radical (unpaired) electrons. The van der Waals surface area contributed by atoms with Crippen LogP contribution in [-0.4, -0.2) is 18.8 Å². The van der Waals surface area contributed by atoms with Gasteiger partial charge in [-0.3, -0.25) is 14.5 Å². The highest BCUT2D eigenvalue weighted by Gasteiger charge is 2.42. The maximum Gasteiger partial charge on any atom is 0.259 e. The molecule has 5 nitrogen and oxygen atoms in total. The number of ether oxygens (including phenoxy) is 1. The van der Waals surface area contributed by atoms with Crippen molar-refractivity contribution in [1.82, 2.24) is 0 Å². The molecule has 218 valence electrons. The Balaban J connectivity index is 1.51. The number of benzene rings is 4. The van der Waals surface area contributed by atoms with E-state index in [1.807, 2.05) is 48.5 Å². The van der Waals surface area contributed by atoms with Crippen LogP contribution < -0.4 is 15.0 Å². The summed E-state index contributed by atoms with van der Waals surface area (Å²) in [7, 11) is 1.59. The summed E-state index contributed by atoms with van der Waals surface area (Å²) in [6.45, 7) is 6.60. The fourth-order valence-corrected chi connectivity index (χ4v) is 6.41. The van der Waals surface area contributed by atoms with Gasteiger partial charge >= 0.3 is 0 Å². The number of para-hydroxylation sites is 2. The second-order valence-corrected chi connectivity index (χ2v) is 12.7. The molecule has 4 aromatic rings. The Labute approximate surface area is 258 Å². The number of hydrogen-bond donors (Lipinski definition) is 1. The molecule has 1 aliphatic carbocycles. The van der Waals surface area contributed by atoms with Crippen LogP contribution >= 0.6 is 11.6 Å². The van der Waals surface area contributed by atoms with Gasteiger partial charge < -0.3 is 10.1 Å². The molecule has 1 amide bonds. The Morgan fingerprint density at radius 2 is 1.56 bits per heavy atom. The number of amides is 1. The lowest BCUT2D eigenvalue weighted by atomic mass is 9.77. The van der Waals surface area contributed by atoms with Crippen LogP contribution in [0.15, 0.2) is 108 Å².